The summed E-state index contributed by atoms with van der Waals surface area (Å²) in [4.78, 5) is 20.8. The zero-order valence-electron chi connectivity index (χ0n) is 8.41. The van der Waals surface area contributed by atoms with Crippen molar-refractivity contribution in [3.8, 4) is 5.75 Å². The molecule has 0 amide bonds. The Kier molecular flexibility index (Phi) is 3.60. The zero-order chi connectivity index (χ0) is 12.1. The smallest absolute Gasteiger partial charge is 0.330 e. The Morgan fingerprint density at radius 3 is 2.81 bits per heavy atom. The van der Waals surface area contributed by atoms with Crippen molar-refractivity contribution in [2.24, 2.45) is 0 Å². The lowest BCUT2D eigenvalue weighted by molar-refractivity contribution is -0.385. The molecule has 0 bridgehead atoms. The predicted octanol–water partition coefficient (Wildman–Crippen LogP) is 1.49. The van der Waals surface area contributed by atoms with Gasteiger partial charge in [0.15, 0.2) is 0 Å². The van der Waals surface area contributed by atoms with Crippen molar-refractivity contribution in [1.82, 2.24) is 0 Å². The third-order valence-electron chi connectivity index (χ3n) is 1.81. The molecule has 6 nitrogen and oxygen atoms in total. The zero-order valence-corrected chi connectivity index (χ0v) is 8.41. The second-order valence-corrected chi connectivity index (χ2v) is 2.86. The standard InChI is InChI=1S/C10H9NO5/c1-16-10(13)5-3-7-2-4-8(12)6-9(7)11(14)15/h2-6,12H,1H3. The first-order chi connectivity index (χ1) is 7.54. The van der Waals surface area contributed by atoms with Gasteiger partial charge in [-0.2, -0.15) is 0 Å². The average Bonchev–Trinajstić information content (AvgIpc) is 2.26. The summed E-state index contributed by atoms with van der Waals surface area (Å²) in [6, 6.07) is 3.65. The molecule has 0 aliphatic heterocycles. The van der Waals surface area contributed by atoms with E-state index in [-0.39, 0.29) is 17.0 Å². The summed E-state index contributed by atoms with van der Waals surface area (Å²) in [5.41, 5.74) is -0.0617. The third kappa shape index (κ3) is 2.81. The number of nitrogens with zero attached hydrogens (tertiary/aromatic N) is 1. The summed E-state index contributed by atoms with van der Waals surface area (Å²) in [5, 5.41) is 19.7. The van der Waals surface area contributed by atoms with Crippen LogP contribution in [0.4, 0.5) is 5.69 Å². The Bertz CT molecular complexity index is 453. The van der Waals surface area contributed by atoms with Crippen molar-refractivity contribution in [3.63, 3.8) is 0 Å². The molecule has 0 atom stereocenters. The summed E-state index contributed by atoms with van der Waals surface area (Å²) < 4.78 is 4.35. The van der Waals surface area contributed by atoms with Gasteiger partial charge in [-0.1, -0.05) is 0 Å². The minimum atomic E-state index is -0.642. The molecule has 16 heavy (non-hydrogen) atoms. The lowest BCUT2D eigenvalue weighted by atomic mass is 10.1. The van der Waals surface area contributed by atoms with Gasteiger partial charge in [-0.05, 0) is 18.2 Å². The molecule has 0 saturated heterocycles. The van der Waals surface area contributed by atoms with Crippen LogP contribution in [0.3, 0.4) is 0 Å². The maximum absolute atomic E-state index is 10.8. The molecule has 1 aromatic carbocycles. The van der Waals surface area contributed by atoms with Crippen LogP contribution in [0, 0.1) is 10.1 Å². The Labute approximate surface area is 90.9 Å². The van der Waals surface area contributed by atoms with Crippen LogP contribution in [0.15, 0.2) is 24.3 Å². The first-order valence-electron chi connectivity index (χ1n) is 4.28. The molecule has 0 aromatic heterocycles. The molecule has 0 heterocycles. The Hall–Kier alpha value is -2.37. The van der Waals surface area contributed by atoms with Crippen LogP contribution in [0.25, 0.3) is 6.08 Å². The number of hydrogen-bond donors (Lipinski definition) is 1. The second kappa shape index (κ2) is 4.92. The number of nitro benzene ring substituents is 1. The van der Waals surface area contributed by atoms with Crippen LogP contribution in [-0.2, 0) is 9.53 Å². The van der Waals surface area contributed by atoms with Gasteiger partial charge < -0.3 is 9.84 Å². The summed E-state index contributed by atoms with van der Waals surface area (Å²) >= 11 is 0. The Balaban J connectivity index is 3.09. The molecular weight excluding hydrogens is 214 g/mol. The monoisotopic (exact) mass is 223 g/mol. The van der Waals surface area contributed by atoms with Gasteiger partial charge in [0.2, 0.25) is 0 Å². The highest BCUT2D eigenvalue weighted by Crippen LogP contribution is 2.24. The van der Waals surface area contributed by atoms with Gasteiger partial charge in [0.1, 0.15) is 5.75 Å². The van der Waals surface area contributed by atoms with Crippen LogP contribution in [0.2, 0.25) is 0 Å². The molecule has 0 fully saturated rings. The van der Waals surface area contributed by atoms with Crippen LogP contribution >= 0.6 is 0 Å². The number of carbonyl (C=O) groups is 1. The molecular formula is C10H9NO5. The molecule has 84 valence electrons. The van der Waals surface area contributed by atoms with Crippen molar-refractivity contribution < 1.29 is 19.6 Å². The number of rotatable bonds is 3. The number of aromatic hydroxyl groups is 1. The molecule has 0 aliphatic rings. The van der Waals surface area contributed by atoms with E-state index < -0.39 is 10.9 Å². The first kappa shape index (κ1) is 11.7. The highest BCUT2D eigenvalue weighted by atomic mass is 16.6. The maximum Gasteiger partial charge on any atom is 0.330 e. The van der Waals surface area contributed by atoms with E-state index in [9.17, 15) is 14.9 Å². The molecule has 6 heteroatoms. The van der Waals surface area contributed by atoms with Gasteiger partial charge in [0.05, 0.1) is 23.7 Å². The number of phenols is 1. The largest absolute Gasteiger partial charge is 0.508 e. The summed E-state index contributed by atoms with van der Waals surface area (Å²) in [6.07, 6.45) is 2.32. The topological polar surface area (TPSA) is 89.7 Å². The van der Waals surface area contributed by atoms with E-state index in [2.05, 4.69) is 4.74 Å². The van der Waals surface area contributed by atoms with E-state index in [1.165, 1.54) is 25.3 Å². The summed E-state index contributed by atoms with van der Waals surface area (Å²) in [7, 11) is 1.21. The fourth-order valence-electron chi connectivity index (χ4n) is 1.06. The molecule has 0 radical (unpaired) electrons. The number of nitro groups is 1. The van der Waals surface area contributed by atoms with Crippen molar-refractivity contribution in [2.75, 3.05) is 7.11 Å². The third-order valence-corrected chi connectivity index (χ3v) is 1.81. The lowest BCUT2D eigenvalue weighted by Crippen LogP contribution is -1.95. The van der Waals surface area contributed by atoms with Crippen molar-refractivity contribution in [1.29, 1.82) is 0 Å². The molecule has 0 spiro atoms. The van der Waals surface area contributed by atoms with E-state index in [0.29, 0.717) is 0 Å². The van der Waals surface area contributed by atoms with Gasteiger partial charge in [-0.25, -0.2) is 4.79 Å². The van der Waals surface area contributed by atoms with Crippen LogP contribution in [0.1, 0.15) is 5.56 Å². The van der Waals surface area contributed by atoms with Gasteiger partial charge in [-0.3, -0.25) is 10.1 Å². The number of carbonyl (C=O) groups excluding carboxylic acids is 1. The van der Waals surface area contributed by atoms with Crippen LogP contribution in [0.5, 0.6) is 5.75 Å². The first-order valence-corrected chi connectivity index (χ1v) is 4.28. The number of hydrogen-bond acceptors (Lipinski definition) is 5. The minimum Gasteiger partial charge on any atom is -0.508 e. The fourth-order valence-corrected chi connectivity index (χ4v) is 1.06. The fraction of sp³-hybridized carbons (Fsp3) is 0.100. The molecule has 0 aliphatic carbocycles. The van der Waals surface area contributed by atoms with Crippen LogP contribution in [-0.4, -0.2) is 23.1 Å². The maximum atomic E-state index is 10.8. The summed E-state index contributed by atoms with van der Waals surface area (Å²) in [6.45, 7) is 0. The molecule has 0 saturated carbocycles. The van der Waals surface area contributed by atoms with Gasteiger partial charge in [0, 0.05) is 6.08 Å². The highest BCUT2D eigenvalue weighted by molar-refractivity contribution is 5.87. The summed E-state index contributed by atoms with van der Waals surface area (Å²) in [5.74, 6) is -0.815. The molecule has 1 aromatic rings. The van der Waals surface area contributed by atoms with Gasteiger partial charge in [-0.15, -0.1) is 0 Å². The molecule has 1 N–H and O–H groups in total. The number of methoxy groups -OCH3 is 1. The minimum absolute atomic E-state index is 0.207. The van der Waals surface area contributed by atoms with Crippen molar-refractivity contribution in [2.45, 2.75) is 0 Å². The predicted molar refractivity (Wildman–Crippen MR) is 55.8 cm³/mol. The highest BCUT2D eigenvalue weighted by Gasteiger charge is 2.12. The Morgan fingerprint density at radius 1 is 1.56 bits per heavy atom. The number of benzene rings is 1. The van der Waals surface area contributed by atoms with E-state index in [1.54, 1.807) is 0 Å². The SMILES string of the molecule is COC(=O)C=Cc1ccc(O)cc1[N+](=O)[O-]. The molecule has 1 rings (SSSR count). The second-order valence-electron chi connectivity index (χ2n) is 2.86. The van der Waals surface area contributed by atoms with Gasteiger partial charge in [0.25, 0.3) is 5.69 Å². The number of ether oxygens (including phenoxy) is 1. The van der Waals surface area contributed by atoms with E-state index in [4.69, 9.17) is 5.11 Å². The van der Waals surface area contributed by atoms with Gasteiger partial charge >= 0.3 is 5.97 Å². The normalized spacial score (nSPS) is 10.3. The van der Waals surface area contributed by atoms with E-state index in [1.807, 2.05) is 0 Å². The van der Waals surface area contributed by atoms with E-state index in [0.717, 1.165) is 12.1 Å². The average molecular weight is 223 g/mol. The van der Waals surface area contributed by atoms with Crippen molar-refractivity contribution >= 4 is 17.7 Å². The number of esters is 1. The quantitative estimate of drug-likeness (QED) is 0.363. The Morgan fingerprint density at radius 2 is 2.25 bits per heavy atom. The van der Waals surface area contributed by atoms with E-state index >= 15 is 0 Å². The van der Waals surface area contributed by atoms with Crippen molar-refractivity contribution in [3.05, 3.63) is 40.0 Å². The number of phenolic OH excluding ortho intramolecular Hbond substituents is 1. The molecule has 0 unspecified atom stereocenters. The lowest BCUT2D eigenvalue weighted by Gasteiger charge is -1.98. The van der Waals surface area contributed by atoms with Crippen LogP contribution < -0.4 is 0 Å².